The van der Waals surface area contributed by atoms with Crippen molar-refractivity contribution in [3.8, 4) is 5.75 Å². The minimum Gasteiger partial charge on any atom is -0.489 e. The van der Waals surface area contributed by atoms with Crippen molar-refractivity contribution in [2.45, 2.75) is 50.7 Å². The number of carbonyl (C=O) groups is 1. The number of piperidine rings is 1. The van der Waals surface area contributed by atoms with E-state index < -0.39 is 0 Å². The molecule has 2 fully saturated rings. The second-order valence-corrected chi connectivity index (χ2v) is 6.67. The van der Waals surface area contributed by atoms with Crippen LogP contribution in [-0.4, -0.2) is 47.7 Å². The molecule has 1 atom stereocenters. The molecule has 23 heavy (non-hydrogen) atoms. The number of rotatable bonds is 4. The first kappa shape index (κ1) is 16.5. The van der Waals surface area contributed by atoms with Crippen LogP contribution in [0.5, 0.6) is 5.75 Å². The number of ether oxygens (including phenoxy) is 2. The minimum atomic E-state index is 0.114. The monoisotopic (exact) mass is 338 g/mol. The van der Waals surface area contributed by atoms with Crippen LogP contribution in [0.3, 0.4) is 0 Å². The van der Waals surface area contributed by atoms with Gasteiger partial charge in [0.2, 0.25) is 5.91 Å². The van der Waals surface area contributed by atoms with Crippen molar-refractivity contribution in [2.24, 2.45) is 0 Å². The molecule has 1 unspecified atom stereocenters. The van der Waals surface area contributed by atoms with Crippen LogP contribution in [-0.2, 0) is 9.53 Å². The van der Waals surface area contributed by atoms with E-state index in [0.29, 0.717) is 17.2 Å². The molecule has 0 aliphatic carbocycles. The van der Waals surface area contributed by atoms with Gasteiger partial charge in [-0.05, 0) is 19.3 Å². The standard InChI is InChI=1S/C17H23ClN2O3/c18-13-9-16(12-19-11-13)23-14-4-6-20(7-5-14)17(21)10-15-3-1-2-8-22-15/h9,11-12,14-15H,1-8,10H2. The van der Waals surface area contributed by atoms with Crippen LogP contribution >= 0.6 is 11.6 Å². The van der Waals surface area contributed by atoms with Crippen LogP contribution in [0.1, 0.15) is 38.5 Å². The number of likely N-dealkylation sites (tertiary alicyclic amines) is 1. The molecule has 0 N–H and O–H groups in total. The van der Waals surface area contributed by atoms with Crippen LogP contribution in [0.4, 0.5) is 0 Å². The Morgan fingerprint density at radius 2 is 2.13 bits per heavy atom. The Morgan fingerprint density at radius 1 is 1.30 bits per heavy atom. The zero-order valence-corrected chi connectivity index (χ0v) is 14.0. The van der Waals surface area contributed by atoms with Gasteiger partial charge >= 0.3 is 0 Å². The third kappa shape index (κ3) is 4.82. The number of aromatic nitrogens is 1. The van der Waals surface area contributed by atoms with Crippen molar-refractivity contribution in [3.63, 3.8) is 0 Å². The fraction of sp³-hybridized carbons (Fsp3) is 0.647. The van der Waals surface area contributed by atoms with Gasteiger partial charge in [-0.15, -0.1) is 0 Å². The third-order valence-electron chi connectivity index (χ3n) is 4.45. The Bertz CT molecular complexity index is 526. The summed E-state index contributed by atoms with van der Waals surface area (Å²) in [6.07, 6.45) is 8.97. The number of nitrogens with zero attached hydrogens (tertiary/aromatic N) is 2. The Morgan fingerprint density at radius 3 is 2.83 bits per heavy atom. The van der Waals surface area contributed by atoms with E-state index in [9.17, 15) is 4.79 Å². The number of pyridine rings is 1. The molecule has 1 aromatic rings. The molecule has 3 rings (SSSR count). The quantitative estimate of drug-likeness (QED) is 0.846. The van der Waals surface area contributed by atoms with E-state index in [2.05, 4.69) is 4.98 Å². The highest BCUT2D eigenvalue weighted by atomic mass is 35.5. The molecule has 0 bridgehead atoms. The first-order valence-electron chi connectivity index (χ1n) is 8.37. The summed E-state index contributed by atoms with van der Waals surface area (Å²) in [6, 6.07) is 1.77. The van der Waals surface area contributed by atoms with Gasteiger partial charge in [-0.1, -0.05) is 11.6 Å². The average molecular weight is 339 g/mol. The van der Waals surface area contributed by atoms with Gasteiger partial charge in [0, 0.05) is 44.8 Å². The maximum Gasteiger partial charge on any atom is 0.225 e. The first-order chi connectivity index (χ1) is 11.2. The van der Waals surface area contributed by atoms with E-state index in [1.165, 1.54) is 6.42 Å². The normalized spacial score (nSPS) is 22.8. The lowest BCUT2D eigenvalue weighted by atomic mass is 10.0. The van der Waals surface area contributed by atoms with Crippen LogP contribution in [0.15, 0.2) is 18.5 Å². The lowest BCUT2D eigenvalue weighted by Crippen LogP contribution is -2.43. The first-order valence-corrected chi connectivity index (χ1v) is 8.75. The Balaban J connectivity index is 1.43. The van der Waals surface area contributed by atoms with Gasteiger partial charge in [-0.25, -0.2) is 0 Å². The summed E-state index contributed by atoms with van der Waals surface area (Å²) in [5.41, 5.74) is 0. The smallest absolute Gasteiger partial charge is 0.225 e. The van der Waals surface area contributed by atoms with E-state index in [1.807, 2.05) is 4.90 Å². The van der Waals surface area contributed by atoms with E-state index >= 15 is 0 Å². The van der Waals surface area contributed by atoms with Gasteiger partial charge in [0.1, 0.15) is 11.9 Å². The number of halogens is 1. The van der Waals surface area contributed by atoms with E-state index in [-0.39, 0.29) is 18.1 Å². The van der Waals surface area contributed by atoms with Gasteiger partial charge < -0.3 is 14.4 Å². The van der Waals surface area contributed by atoms with E-state index in [1.54, 1.807) is 18.5 Å². The fourth-order valence-corrected chi connectivity index (χ4v) is 3.33. The highest BCUT2D eigenvalue weighted by Gasteiger charge is 2.26. The minimum absolute atomic E-state index is 0.114. The van der Waals surface area contributed by atoms with Gasteiger partial charge in [-0.3, -0.25) is 9.78 Å². The maximum atomic E-state index is 12.4. The van der Waals surface area contributed by atoms with Gasteiger partial charge in [-0.2, -0.15) is 0 Å². The van der Waals surface area contributed by atoms with Gasteiger partial charge in [0.15, 0.2) is 0 Å². The molecule has 2 aliphatic heterocycles. The largest absolute Gasteiger partial charge is 0.489 e. The molecule has 0 spiro atoms. The van der Waals surface area contributed by atoms with Crippen LogP contribution in [0.25, 0.3) is 0 Å². The second kappa shape index (κ2) is 7.97. The second-order valence-electron chi connectivity index (χ2n) is 6.23. The molecule has 2 aliphatic rings. The highest BCUT2D eigenvalue weighted by Crippen LogP contribution is 2.22. The summed E-state index contributed by atoms with van der Waals surface area (Å²) in [4.78, 5) is 18.3. The lowest BCUT2D eigenvalue weighted by Gasteiger charge is -2.33. The number of hydrogen-bond donors (Lipinski definition) is 0. The molecule has 126 valence electrons. The topological polar surface area (TPSA) is 51.7 Å². The molecule has 2 saturated heterocycles. The fourth-order valence-electron chi connectivity index (χ4n) is 3.16. The van der Waals surface area contributed by atoms with Crippen LogP contribution in [0, 0.1) is 0 Å². The number of carbonyl (C=O) groups excluding carboxylic acids is 1. The van der Waals surface area contributed by atoms with Gasteiger partial charge in [0.05, 0.1) is 23.7 Å². The summed E-state index contributed by atoms with van der Waals surface area (Å²) in [6.45, 7) is 2.27. The van der Waals surface area contributed by atoms with Crippen LogP contribution < -0.4 is 4.74 Å². The van der Waals surface area contributed by atoms with E-state index in [4.69, 9.17) is 21.1 Å². The Hall–Kier alpha value is -1.33. The average Bonchev–Trinajstić information content (AvgIpc) is 2.56. The summed E-state index contributed by atoms with van der Waals surface area (Å²) >= 11 is 5.91. The predicted molar refractivity (Wildman–Crippen MR) is 87.7 cm³/mol. The van der Waals surface area contributed by atoms with E-state index in [0.717, 1.165) is 45.4 Å². The molecule has 0 aromatic carbocycles. The summed E-state index contributed by atoms with van der Waals surface area (Å²) in [5, 5.41) is 0.572. The van der Waals surface area contributed by atoms with Crippen molar-refractivity contribution in [2.75, 3.05) is 19.7 Å². The van der Waals surface area contributed by atoms with Crippen molar-refractivity contribution in [1.29, 1.82) is 0 Å². The van der Waals surface area contributed by atoms with Crippen molar-refractivity contribution in [3.05, 3.63) is 23.5 Å². The molecule has 0 radical (unpaired) electrons. The molecule has 0 saturated carbocycles. The molecule has 5 nitrogen and oxygen atoms in total. The predicted octanol–water partition coefficient (Wildman–Crippen LogP) is 3.06. The molecule has 3 heterocycles. The molecular weight excluding hydrogens is 316 g/mol. The maximum absolute atomic E-state index is 12.4. The summed E-state index contributed by atoms with van der Waals surface area (Å²) in [7, 11) is 0. The third-order valence-corrected chi connectivity index (χ3v) is 4.66. The lowest BCUT2D eigenvalue weighted by molar-refractivity contribution is -0.136. The zero-order chi connectivity index (χ0) is 16.1. The van der Waals surface area contributed by atoms with Gasteiger partial charge in [0.25, 0.3) is 0 Å². The highest BCUT2D eigenvalue weighted by molar-refractivity contribution is 6.30. The van der Waals surface area contributed by atoms with Crippen molar-refractivity contribution in [1.82, 2.24) is 9.88 Å². The molecule has 1 amide bonds. The van der Waals surface area contributed by atoms with Crippen molar-refractivity contribution < 1.29 is 14.3 Å². The number of amides is 1. The van der Waals surface area contributed by atoms with Crippen molar-refractivity contribution >= 4 is 17.5 Å². The molecule has 6 heteroatoms. The molecular formula is C17H23ClN2O3. The van der Waals surface area contributed by atoms with Crippen LogP contribution in [0.2, 0.25) is 5.02 Å². The Labute approximate surface area is 141 Å². The Kier molecular flexibility index (Phi) is 5.73. The summed E-state index contributed by atoms with van der Waals surface area (Å²) in [5.74, 6) is 0.901. The summed E-state index contributed by atoms with van der Waals surface area (Å²) < 4.78 is 11.6. The molecule has 1 aromatic heterocycles. The number of hydrogen-bond acceptors (Lipinski definition) is 4. The SMILES string of the molecule is O=C(CC1CCCCO1)N1CCC(Oc2cncc(Cl)c2)CC1. The zero-order valence-electron chi connectivity index (χ0n) is 13.2.